The number of nitrogens with zero attached hydrogens (tertiary/aromatic N) is 2. The fourth-order valence-electron chi connectivity index (χ4n) is 0.905. The van der Waals surface area contributed by atoms with E-state index in [4.69, 9.17) is 4.89 Å². The van der Waals surface area contributed by atoms with Gasteiger partial charge in [-0.15, -0.1) is 9.42 Å². The van der Waals surface area contributed by atoms with Gasteiger partial charge in [0.1, 0.15) is 6.61 Å². The van der Waals surface area contributed by atoms with E-state index in [9.17, 15) is 4.57 Å². The van der Waals surface area contributed by atoms with Gasteiger partial charge in [-0.1, -0.05) is 0 Å². The first kappa shape index (κ1) is 13.4. The van der Waals surface area contributed by atoms with Gasteiger partial charge in [0, 0.05) is 30.6 Å². The molecular formula is C8H18N2O3P+. The van der Waals surface area contributed by atoms with E-state index in [0.717, 1.165) is 13.2 Å². The van der Waals surface area contributed by atoms with E-state index >= 15 is 0 Å². The van der Waals surface area contributed by atoms with Crippen LogP contribution in [0.3, 0.4) is 0 Å². The molecule has 0 bridgehead atoms. The largest absolute Gasteiger partial charge is 0.694 e. The fourth-order valence-corrected chi connectivity index (χ4v) is 1.13. The lowest BCUT2D eigenvalue weighted by molar-refractivity contribution is 0.297. The van der Waals surface area contributed by atoms with Crippen LogP contribution >= 0.6 is 8.25 Å². The summed E-state index contributed by atoms with van der Waals surface area (Å²) in [5, 5.41) is 0. The molecule has 1 aliphatic heterocycles. The predicted octanol–water partition coefficient (Wildman–Crippen LogP) is 1.35. The topological polar surface area (TPSA) is 53.0 Å². The molecule has 0 radical (unpaired) electrons. The maximum Gasteiger partial charge on any atom is 0.694 e. The van der Waals surface area contributed by atoms with Crippen molar-refractivity contribution in [3.8, 4) is 0 Å². The predicted molar refractivity (Wildman–Crippen MR) is 55.6 cm³/mol. The van der Waals surface area contributed by atoms with Crippen LogP contribution in [0.4, 0.5) is 0 Å². The molecule has 0 spiro atoms. The van der Waals surface area contributed by atoms with Crippen LogP contribution in [0.2, 0.25) is 0 Å². The Kier molecular flexibility index (Phi) is 7.38. The summed E-state index contributed by atoms with van der Waals surface area (Å²) in [7, 11) is -0.275. The first-order valence-electron chi connectivity index (χ1n) is 4.51. The lowest BCUT2D eigenvalue weighted by atomic mass is 10.6. The highest BCUT2D eigenvalue weighted by Gasteiger charge is 2.06. The van der Waals surface area contributed by atoms with Gasteiger partial charge in [-0.25, -0.2) is 0 Å². The molecule has 82 valence electrons. The normalized spacial score (nSPS) is 15.3. The van der Waals surface area contributed by atoms with Gasteiger partial charge in [-0.05, 0) is 13.8 Å². The molecule has 0 saturated carbocycles. The molecule has 1 atom stereocenters. The Balaban J connectivity index is 0.000000255. The second kappa shape index (κ2) is 7.74. The average molecular weight is 221 g/mol. The van der Waals surface area contributed by atoms with Crippen molar-refractivity contribution in [3.63, 3.8) is 0 Å². The Morgan fingerprint density at radius 3 is 2.29 bits per heavy atom. The van der Waals surface area contributed by atoms with Crippen LogP contribution in [-0.2, 0) is 9.09 Å². The van der Waals surface area contributed by atoms with Gasteiger partial charge in [0.05, 0.1) is 6.67 Å². The summed E-state index contributed by atoms with van der Waals surface area (Å²) < 4.78 is 13.6. The van der Waals surface area contributed by atoms with Crippen molar-refractivity contribution in [1.82, 2.24) is 9.80 Å². The van der Waals surface area contributed by atoms with Crippen molar-refractivity contribution in [2.75, 3.05) is 26.9 Å². The molecule has 1 unspecified atom stereocenters. The zero-order valence-corrected chi connectivity index (χ0v) is 9.78. The van der Waals surface area contributed by atoms with Crippen LogP contribution in [0.15, 0.2) is 12.4 Å². The van der Waals surface area contributed by atoms with E-state index in [-0.39, 0.29) is 0 Å². The Morgan fingerprint density at radius 1 is 1.50 bits per heavy atom. The van der Waals surface area contributed by atoms with Gasteiger partial charge in [0.2, 0.25) is 0 Å². The first-order valence-corrected chi connectivity index (χ1v) is 5.64. The summed E-state index contributed by atoms with van der Waals surface area (Å²) in [5.41, 5.74) is 0. The smallest absolute Gasteiger partial charge is 0.362 e. The Bertz CT molecular complexity index is 199. The molecule has 6 heteroatoms. The second-order valence-corrected chi connectivity index (χ2v) is 3.49. The van der Waals surface area contributed by atoms with Crippen LogP contribution in [0.25, 0.3) is 0 Å². The van der Waals surface area contributed by atoms with Gasteiger partial charge < -0.3 is 9.80 Å². The number of hydrogen-bond donors (Lipinski definition) is 1. The SMILES string of the molecule is CCN1C=CN(C)C1.CCO[P+](=O)O. The Labute approximate surface area is 85.9 Å². The highest BCUT2D eigenvalue weighted by molar-refractivity contribution is 7.32. The quantitative estimate of drug-likeness (QED) is 0.729. The van der Waals surface area contributed by atoms with Crippen LogP contribution in [0.1, 0.15) is 13.8 Å². The molecule has 0 aromatic rings. The van der Waals surface area contributed by atoms with Crippen molar-refractivity contribution >= 4 is 8.25 Å². The molecular weight excluding hydrogens is 203 g/mol. The molecule has 0 aromatic heterocycles. The zero-order valence-electron chi connectivity index (χ0n) is 8.88. The van der Waals surface area contributed by atoms with E-state index in [2.05, 4.69) is 40.7 Å². The number of hydrogen-bond acceptors (Lipinski definition) is 4. The van der Waals surface area contributed by atoms with Gasteiger partial charge in [0.25, 0.3) is 0 Å². The van der Waals surface area contributed by atoms with E-state index in [1.165, 1.54) is 0 Å². The molecule has 0 aliphatic carbocycles. The van der Waals surface area contributed by atoms with Crippen molar-refractivity contribution in [3.05, 3.63) is 12.4 Å². The summed E-state index contributed by atoms with van der Waals surface area (Å²) >= 11 is 0. The third kappa shape index (κ3) is 6.83. The van der Waals surface area contributed by atoms with Crippen molar-refractivity contribution < 1.29 is 14.0 Å². The van der Waals surface area contributed by atoms with E-state index in [0.29, 0.717) is 6.61 Å². The summed E-state index contributed by atoms with van der Waals surface area (Å²) in [6, 6.07) is 0. The van der Waals surface area contributed by atoms with Crippen molar-refractivity contribution in [2.45, 2.75) is 13.8 Å². The molecule has 0 aromatic carbocycles. The first-order chi connectivity index (χ1) is 6.60. The second-order valence-electron chi connectivity index (χ2n) is 2.76. The monoisotopic (exact) mass is 221 g/mol. The third-order valence-corrected chi connectivity index (χ3v) is 2.06. The molecule has 1 N–H and O–H groups in total. The molecule has 14 heavy (non-hydrogen) atoms. The minimum absolute atomic E-state index is 0.297. The van der Waals surface area contributed by atoms with E-state index in [1.54, 1.807) is 6.92 Å². The minimum atomic E-state index is -2.35. The van der Waals surface area contributed by atoms with Gasteiger partial charge in [-0.2, -0.15) is 0 Å². The molecule has 1 heterocycles. The van der Waals surface area contributed by atoms with Crippen LogP contribution in [-0.4, -0.2) is 41.6 Å². The Hall–Kier alpha value is -0.640. The Morgan fingerprint density at radius 2 is 2.14 bits per heavy atom. The number of rotatable bonds is 3. The summed E-state index contributed by atoms with van der Waals surface area (Å²) in [6.07, 6.45) is 4.20. The highest BCUT2D eigenvalue weighted by Crippen LogP contribution is 2.12. The summed E-state index contributed by atoms with van der Waals surface area (Å²) in [5.74, 6) is 0. The van der Waals surface area contributed by atoms with Gasteiger partial charge in [0.15, 0.2) is 0 Å². The molecule has 1 aliphatic rings. The molecule has 0 fully saturated rings. The molecule has 0 amide bonds. The van der Waals surface area contributed by atoms with Gasteiger partial charge in [-0.3, -0.25) is 0 Å². The third-order valence-electron chi connectivity index (χ3n) is 1.58. The lowest BCUT2D eigenvalue weighted by Crippen LogP contribution is -2.21. The van der Waals surface area contributed by atoms with Crippen LogP contribution in [0.5, 0.6) is 0 Å². The average Bonchev–Trinajstić information content (AvgIpc) is 2.52. The molecule has 1 rings (SSSR count). The fraction of sp³-hybridized carbons (Fsp3) is 0.750. The lowest BCUT2D eigenvalue weighted by Gasteiger charge is -2.14. The van der Waals surface area contributed by atoms with E-state index in [1.807, 2.05) is 0 Å². The van der Waals surface area contributed by atoms with Gasteiger partial charge >= 0.3 is 8.25 Å². The standard InChI is InChI=1S/C6H12N2.C2H5O3P/c1-3-8-5-4-7(2)6-8;1-2-5-6(3)4/h4-5H,3,6H2,1-2H3;2H2,1H3/p+1. The van der Waals surface area contributed by atoms with Crippen molar-refractivity contribution in [1.29, 1.82) is 0 Å². The summed E-state index contributed by atoms with van der Waals surface area (Å²) in [6.45, 7) is 6.27. The van der Waals surface area contributed by atoms with Crippen LogP contribution < -0.4 is 0 Å². The highest BCUT2D eigenvalue weighted by atomic mass is 31.1. The van der Waals surface area contributed by atoms with Crippen LogP contribution in [0, 0.1) is 0 Å². The molecule has 5 nitrogen and oxygen atoms in total. The van der Waals surface area contributed by atoms with E-state index < -0.39 is 8.25 Å². The summed E-state index contributed by atoms with van der Waals surface area (Å²) in [4.78, 5) is 12.2. The maximum absolute atomic E-state index is 9.53. The molecule has 0 saturated heterocycles. The minimum Gasteiger partial charge on any atom is -0.362 e. The maximum atomic E-state index is 9.53. The zero-order chi connectivity index (χ0) is 11.0. The van der Waals surface area contributed by atoms with Crippen molar-refractivity contribution in [2.24, 2.45) is 0 Å².